The molecule has 0 aliphatic heterocycles. The van der Waals surface area contributed by atoms with Crippen molar-refractivity contribution in [3.8, 4) is 22.5 Å². The normalized spacial score (nSPS) is 10.7. The number of aryl methyl sites for hydroxylation is 4. The summed E-state index contributed by atoms with van der Waals surface area (Å²) >= 11 is 0. The molecule has 22 heavy (non-hydrogen) atoms. The van der Waals surface area contributed by atoms with Crippen molar-refractivity contribution in [2.45, 2.75) is 27.7 Å². The second-order valence-corrected chi connectivity index (χ2v) is 5.94. The van der Waals surface area contributed by atoms with E-state index in [-0.39, 0.29) is 0 Å². The van der Waals surface area contributed by atoms with E-state index < -0.39 is 0 Å². The van der Waals surface area contributed by atoms with Crippen LogP contribution in [-0.4, -0.2) is 4.98 Å². The van der Waals surface area contributed by atoms with E-state index in [9.17, 15) is 0 Å². The van der Waals surface area contributed by atoms with Gasteiger partial charge in [0, 0.05) is 11.1 Å². The van der Waals surface area contributed by atoms with Crippen LogP contribution < -0.4 is 0 Å². The van der Waals surface area contributed by atoms with Crippen molar-refractivity contribution in [1.82, 2.24) is 4.98 Å². The van der Waals surface area contributed by atoms with Gasteiger partial charge in [0.25, 0.3) is 0 Å². The van der Waals surface area contributed by atoms with Crippen LogP contribution in [0.1, 0.15) is 22.3 Å². The molecule has 0 unspecified atom stereocenters. The molecule has 0 amide bonds. The number of nitrogens with zero attached hydrogens (tertiary/aromatic N) is 1. The van der Waals surface area contributed by atoms with Crippen LogP contribution in [-0.2, 0) is 0 Å². The molecule has 0 aliphatic rings. The first-order chi connectivity index (χ1) is 10.6. The van der Waals surface area contributed by atoms with Gasteiger partial charge in [-0.15, -0.1) is 0 Å². The molecule has 0 saturated carbocycles. The van der Waals surface area contributed by atoms with E-state index in [0.717, 1.165) is 11.4 Å². The van der Waals surface area contributed by atoms with Crippen LogP contribution in [0.5, 0.6) is 0 Å². The smallest absolute Gasteiger partial charge is 0.0714 e. The Morgan fingerprint density at radius 2 is 0.818 bits per heavy atom. The maximum atomic E-state index is 4.96. The number of aromatic nitrogens is 1. The number of rotatable bonds is 2. The summed E-state index contributed by atoms with van der Waals surface area (Å²) in [5.41, 5.74) is 9.67. The zero-order valence-electron chi connectivity index (χ0n) is 13.6. The summed E-state index contributed by atoms with van der Waals surface area (Å²) in [5, 5.41) is 0. The number of hydrogen-bond acceptors (Lipinski definition) is 1. The van der Waals surface area contributed by atoms with Gasteiger partial charge in [0.05, 0.1) is 11.4 Å². The van der Waals surface area contributed by atoms with Gasteiger partial charge in [-0.05, 0) is 62.1 Å². The van der Waals surface area contributed by atoms with Crippen molar-refractivity contribution in [1.29, 1.82) is 0 Å². The van der Waals surface area contributed by atoms with Crippen molar-refractivity contribution in [2.24, 2.45) is 0 Å². The van der Waals surface area contributed by atoms with Crippen LogP contribution in [0.2, 0.25) is 0 Å². The molecule has 0 aliphatic carbocycles. The molecule has 3 rings (SSSR count). The lowest BCUT2D eigenvalue weighted by Gasteiger charge is -2.13. The molecule has 1 aromatic heterocycles. The SMILES string of the molecule is Cc1cccc(C)c1-c1cccc(-c2c(C)cccc2C)n1. The first-order valence-electron chi connectivity index (χ1n) is 7.68. The molecule has 1 nitrogen and oxygen atoms in total. The van der Waals surface area contributed by atoms with Crippen LogP contribution in [0, 0.1) is 27.7 Å². The van der Waals surface area contributed by atoms with Gasteiger partial charge < -0.3 is 0 Å². The minimum Gasteiger partial charge on any atom is -0.248 e. The van der Waals surface area contributed by atoms with E-state index in [0.29, 0.717) is 0 Å². The van der Waals surface area contributed by atoms with Crippen LogP contribution in [0.4, 0.5) is 0 Å². The van der Waals surface area contributed by atoms with Crippen LogP contribution in [0.15, 0.2) is 54.6 Å². The number of pyridine rings is 1. The Labute approximate surface area is 132 Å². The lowest BCUT2D eigenvalue weighted by Crippen LogP contribution is -1.95. The summed E-state index contributed by atoms with van der Waals surface area (Å²) in [6.07, 6.45) is 0. The maximum absolute atomic E-state index is 4.96. The molecular weight excluding hydrogens is 266 g/mol. The van der Waals surface area contributed by atoms with Crippen molar-refractivity contribution >= 4 is 0 Å². The Morgan fingerprint density at radius 1 is 0.500 bits per heavy atom. The van der Waals surface area contributed by atoms with Crippen LogP contribution in [0.3, 0.4) is 0 Å². The van der Waals surface area contributed by atoms with Gasteiger partial charge in [0.1, 0.15) is 0 Å². The minimum absolute atomic E-state index is 1.05. The fourth-order valence-electron chi connectivity index (χ4n) is 3.15. The second kappa shape index (κ2) is 5.76. The van der Waals surface area contributed by atoms with E-state index in [4.69, 9.17) is 4.98 Å². The molecule has 0 bridgehead atoms. The molecule has 3 aromatic rings. The highest BCUT2D eigenvalue weighted by Crippen LogP contribution is 2.30. The quantitative estimate of drug-likeness (QED) is 0.593. The molecule has 2 aromatic carbocycles. The molecule has 0 atom stereocenters. The Morgan fingerprint density at radius 3 is 1.18 bits per heavy atom. The molecule has 110 valence electrons. The molecule has 1 heteroatoms. The standard InChI is InChI=1S/C21H21N/c1-14-8-5-9-15(2)20(14)18-12-7-13-19(22-18)21-16(3)10-6-11-17(21)4/h5-13H,1-4H3. The summed E-state index contributed by atoms with van der Waals surface area (Å²) in [6, 6.07) is 19.1. The fraction of sp³-hybridized carbons (Fsp3) is 0.190. The predicted octanol–water partition coefficient (Wildman–Crippen LogP) is 5.65. The average Bonchev–Trinajstić information content (AvgIpc) is 2.47. The summed E-state index contributed by atoms with van der Waals surface area (Å²) in [6.45, 7) is 8.59. The topological polar surface area (TPSA) is 12.9 Å². The highest BCUT2D eigenvalue weighted by atomic mass is 14.7. The van der Waals surface area contributed by atoms with Gasteiger partial charge in [-0.1, -0.05) is 42.5 Å². The molecule has 0 spiro atoms. The lowest BCUT2D eigenvalue weighted by atomic mass is 9.97. The van der Waals surface area contributed by atoms with Gasteiger partial charge in [0.2, 0.25) is 0 Å². The third-order valence-corrected chi connectivity index (χ3v) is 4.22. The maximum Gasteiger partial charge on any atom is 0.0714 e. The van der Waals surface area contributed by atoms with Crippen LogP contribution >= 0.6 is 0 Å². The summed E-state index contributed by atoms with van der Waals surface area (Å²) in [5.74, 6) is 0. The van der Waals surface area contributed by atoms with Crippen molar-refractivity contribution < 1.29 is 0 Å². The van der Waals surface area contributed by atoms with E-state index in [1.165, 1.54) is 33.4 Å². The average molecular weight is 287 g/mol. The molecule has 0 fully saturated rings. The largest absolute Gasteiger partial charge is 0.248 e. The Kier molecular flexibility index (Phi) is 3.81. The second-order valence-electron chi connectivity index (χ2n) is 5.94. The summed E-state index contributed by atoms with van der Waals surface area (Å²) in [4.78, 5) is 4.96. The van der Waals surface area contributed by atoms with E-state index in [1.807, 2.05) is 0 Å². The van der Waals surface area contributed by atoms with Gasteiger partial charge in [-0.3, -0.25) is 0 Å². The minimum atomic E-state index is 1.05. The fourth-order valence-corrected chi connectivity index (χ4v) is 3.15. The van der Waals surface area contributed by atoms with E-state index in [2.05, 4.69) is 82.3 Å². The number of benzene rings is 2. The molecule has 0 saturated heterocycles. The van der Waals surface area contributed by atoms with Crippen LogP contribution in [0.25, 0.3) is 22.5 Å². The lowest BCUT2D eigenvalue weighted by molar-refractivity contribution is 1.26. The summed E-state index contributed by atoms with van der Waals surface area (Å²) in [7, 11) is 0. The first-order valence-corrected chi connectivity index (χ1v) is 7.68. The van der Waals surface area contributed by atoms with Crippen molar-refractivity contribution in [3.05, 3.63) is 76.9 Å². The molecule has 0 radical (unpaired) electrons. The van der Waals surface area contributed by atoms with Gasteiger partial charge in [-0.25, -0.2) is 4.98 Å². The molecule has 1 heterocycles. The molecular formula is C21H21N. The highest BCUT2D eigenvalue weighted by Gasteiger charge is 2.10. The van der Waals surface area contributed by atoms with Gasteiger partial charge in [0.15, 0.2) is 0 Å². The zero-order valence-corrected chi connectivity index (χ0v) is 13.6. The zero-order chi connectivity index (χ0) is 15.7. The Balaban J connectivity index is 2.19. The Bertz CT molecular complexity index is 724. The molecule has 0 N–H and O–H groups in total. The Hall–Kier alpha value is -2.41. The van der Waals surface area contributed by atoms with Gasteiger partial charge in [-0.2, -0.15) is 0 Å². The van der Waals surface area contributed by atoms with Crippen molar-refractivity contribution in [3.63, 3.8) is 0 Å². The first kappa shape index (κ1) is 14.5. The predicted molar refractivity (Wildman–Crippen MR) is 94.1 cm³/mol. The van der Waals surface area contributed by atoms with E-state index in [1.54, 1.807) is 0 Å². The third kappa shape index (κ3) is 2.55. The number of hydrogen-bond donors (Lipinski definition) is 0. The third-order valence-electron chi connectivity index (χ3n) is 4.22. The van der Waals surface area contributed by atoms with E-state index >= 15 is 0 Å². The summed E-state index contributed by atoms with van der Waals surface area (Å²) < 4.78 is 0. The van der Waals surface area contributed by atoms with Gasteiger partial charge >= 0.3 is 0 Å². The monoisotopic (exact) mass is 287 g/mol. The van der Waals surface area contributed by atoms with Crippen molar-refractivity contribution in [2.75, 3.05) is 0 Å². The highest BCUT2D eigenvalue weighted by molar-refractivity contribution is 5.73.